The average Bonchev–Trinajstić information content (AvgIpc) is 3.11. The second-order valence-electron chi connectivity index (χ2n) is 10.7. The van der Waals surface area contributed by atoms with Gasteiger partial charge in [-0.3, -0.25) is 14.3 Å². The SMILES string of the molecule is N=C1CC(C(=O)N2CC3CCN(C(=O)C=CC4CCC(OC(F)(F)F)CC4)CCC3C2)CCC1N. The zero-order valence-electron chi connectivity index (χ0n) is 20.1. The fourth-order valence-corrected chi connectivity index (χ4v) is 6.20. The molecule has 7 nitrogen and oxygen atoms in total. The van der Waals surface area contributed by atoms with Gasteiger partial charge in [0.15, 0.2) is 0 Å². The van der Waals surface area contributed by atoms with E-state index in [1.54, 1.807) is 6.08 Å². The Morgan fingerprint density at radius 1 is 0.943 bits per heavy atom. The van der Waals surface area contributed by atoms with Crippen LogP contribution >= 0.6 is 0 Å². The summed E-state index contributed by atoms with van der Waals surface area (Å²) in [6, 6.07) is -0.209. The minimum Gasteiger partial charge on any atom is -0.342 e. The Morgan fingerprint density at radius 3 is 2.14 bits per heavy atom. The maximum absolute atomic E-state index is 13.0. The summed E-state index contributed by atoms with van der Waals surface area (Å²) in [5, 5.41) is 8.00. The first-order valence-corrected chi connectivity index (χ1v) is 12.9. The number of fused-ring (bicyclic) bond motifs is 1. The number of amides is 2. The summed E-state index contributed by atoms with van der Waals surface area (Å²) in [7, 11) is 0. The molecule has 4 rings (SSSR count). The van der Waals surface area contributed by atoms with E-state index in [0.29, 0.717) is 69.2 Å². The fraction of sp³-hybridized carbons (Fsp3) is 0.800. The summed E-state index contributed by atoms with van der Waals surface area (Å²) >= 11 is 0. The van der Waals surface area contributed by atoms with E-state index in [0.717, 1.165) is 32.4 Å². The number of hydrogen-bond acceptors (Lipinski definition) is 5. The van der Waals surface area contributed by atoms with Crippen molar-refractivity contribution in [2.45, 2.75) is 76.3 Å². The number of carbonyl (C=O) groups is 2. The molecular weight excluding hydrogens is 461 g/mol. The molecule has 2 saturated heterocycles. The van der Waals surface area contributed by atoms with Crippen LogP contribution in [0.3, 0.4) is 0 Å². The summed E-state index contributed by atoms with van der Waals surface area (Å²) in [5.74, 6) is 0.867. The number of nitrogens with one attached hydrogen (secondary N) is 1. The number of rotatable bonds is 4. The van der Waals surface area contributed by atoms with Crippen LogP contribution in [0.25, 0.3) is 0 Å². The average molecular weight is 499 g/mol. The topological polar surface area (TPSA) is 99.7 Å². The quantitative estimate of drug-likeness (QED) is 0.580. The van der Waals surface area contributed by atoms with Crippen LogP contribution in [0.2, 0.25) is 0 Å². The second-order valence-corrected chi connectivity index (χ2v) is 10.7. The van der Waals surface area contributed by atoms with Crippen LogP contribution in [0.4, 0.5) is 13.2 Å². The van der Waals surface area contributed by atoms with E-state index in [1.165, 1.54) is 0 Å². The van der Waals surface area contributed by atoms with Gasteiger partial charge >= 0.3 is 6.36 Å². The van der Waals surface area contributed by atoms with Gasteiger partial charge in [0, 0.05) is 43.9 Å². The van der Waals surface area contributed by atoms with Crippen molar-refractivity contribution in [1.29, 1.82) is 5.41 Å². The van der Waals surface area contributed by atoms with Gasteiger partial charge in [0.1, 0.15) is 0 Å². The molecule has 4 atom stereocenters. The predicted octanol–water partition coefficient (Wildman–Crippen LogP) is 3.48. The normalized spacial score (nSPS) is 34.7. The number of likely N-dealkylation sites (tertiary alicyclic amines) is 2. The standard InChI is InChI=1S/C25H37F3N4O3/c26-25(27,28)35-20-5-1-16(2-6-20)3-8-23(33)31-11-9-18-14-32(15-19(18)10-12-31)24(34)17-4-7-21(29)22(30)13-17/h3,8,16-21,30H,1-2,4-7,9-15,29H2. The van der Waals surface area contributed by atoms with Crippen molar-refractivity contribution < 1.29 is 27.5 Å². The lowest BCUT2D eigenvalue weighted by atomic mass is 9.84. The molecule has 0 aromatic rings. The molecule has 2 heterocycles. The summed E-state index contributed by atoms with van der Waals surface area (Å²) in [4.78, 5) is 29.6. The molecule has 4 aliphatic rings. The van der Waals surface area contributed by atoms with Crippen molar-refractivity contribution in [3.05, 3.63) is 12.2 Å². The van der Waals surface area contributed by atoms with Crippen molar-refractivity contribution in [2.24, 2.45) is 29.4 Å². The summed E-state index contributed by atoms with van der Waals surface area (Å²) < 4.78 is 41.2. The number of nitrogens with two attached hydrogens (primary N) is 1. The lowest BCUT2D eigenvalue weighted by Crippen LogP contribution is -2.43. The lowest BCUT2D eigenvalue weighted by Gasteiger charge is -2.30. The molecule has 2 aliphatic heterocycles. The highest BCUT2D eigenvalue weighted by Crippen LogP contribution is 2.35. The molecule has 0 aromatic carbocycles. The third-order valence-electron chi connectivity index (χ3n) is 8.36. The number of allylic oxidation sites excluding steroid dienone is 1. The fourth-order valence-electron chi connectivity index (χ4n) is 6.20. The zero-order chi connectivity index (χ0) is 25.2. The van der Waals surface area contributed by atoms with Gasteiger partial charge in [0.25, 0.3) is 0 Å². The van der Waals surface area contributed by atoms with Gasteiger partial charge in [-0.15, -0.1) is 13.2 Å². The van der Waals surface area contributed by atoms with E-state index in [-0.39, 0.29) is 29.7 Å². The first-order chi connectivity index (χ1) is 16.6. The van der Waals surface area contributed by atoms with E-state index in [4.69, 9.17) is 11.1 Å². The molecule has 35 heavy (non-hydrogen) atoms. The van der Waals surface area contributed by atoms with Crippen LogP contribution in [0.15, 0.2) is 12.2 Å². The second kappa shape index (κ2) is 11.0. The van der Waals surface area contributed by atoms with E-state index in [2.05, 4.69) is 4.74 Å². The highest BCUT2D eigenvalue weighted by atomic mass is 19.4. The van der Waals surface area contributed by atoms with Crippen molar-refractivity contribution in [3.8, 4) is 0 Å². The highest BCUT2D eigenvalue weighted by molar-refractivity contribution is 5.92. The Hall–Kier alpha value is -1.94. The molecule has 2 amide bonds. The first kappa shape index (κ1) is 26.1. The van der Waals surface area contributed by atoms with Crippen molar-refractivity contribution in [1.82, 2.24) is 9.80 Å². The van der Waals surface area contributed by atoms with Crippen LogP contribution < -0.4 is 5.73 Å². The number of ether oxygens (including phenoxy) is 1. The molecule has 0 radical (unpaired) electrons. The molecule has 0 aromatic heterocycles. The maximum Gasteiger partial charge on any atom is 0.522 e. The molecule has 0 bridgehead atoms. The Labute approximate surface area is 204 Å². The number of halogens is 3. The highest BCUT2D eigenvalue weighted by Gasteiger charge is 2.40. The lowest BCUT2D eigenvalue weighted by molar-refractivity contribution is -0.345. The monoisotopic (exact) mass is 498 g/mol. The van der Waals surface area contributed by atoms with Gasteiger partial charge in [-0.2, -0.15) is 0 Å². The number of carbonyl (C=O) groups excluding carboxylic acids is 2. The van der Waals surface area contributed by atoms with Crippen molar-refractivity contribution in [3.63, 3.8) is 0 Å². The molecule has 196 valence electrons. The van der Waals surface area contributed by atoms with Gasteiger partial charge in [0.2, 0.25) is 11.8 Å². The van der Waals surface area contributed by atoms with E-state index in [9.17, 15) is 22.8 Å². The largest absolute Gasteiger partial charge is 0.522 e. The van der Waals surface area contributed by atoms with Gasteiger partial charge in [-0.25, -0.2) is 0 Å². The Balaban J connectivity index is 1.21. The van der Waals surface area contributed by atoms with Crippen LogP contribution in [0, 0.1) is 29.1 Å². The molecular formula is C25H37F3N4O3. The molecule has 2 aliphatic carbocycles. The summed E-state index contributed by atoms with van der Waals surface area (Å²) in [6.45, 7) is 2.75. The first-order valence-electron chi connectivity index (χ1n) is 12.9. The predicted molar refractivity (Wildman–Crippen MR) is 124 cm³/mol. The summed E-state index contributed by atoms with van der Waals surface area (Å²) in [6.07, 6.45) is 3.58. The Morgan fingerprint density at radius 2 is 1.57 bits per heavy atom. The number of alkyl halides is 3. The van der Waals surface area contributed by atoms with E-state index < -0.39 is 12.5 Å². The van der Waals surface area contributed by atoms with Crippen LogP contribution in [0.5, 0.6) is 0 Å². The van der Waals surface area contributed by atoms with Crippen molar-refractivity contribution >= 4 is 17.5 Å². The molecule has 3 N–H and O–H groups in total. The maximum atomic E-state index is 13.0. The third kappa shape index (κ3) is 6.84. The zero-order valence-corrected chi connectivity index (χ0v) is 20.1. The molecule has 10 heteroatoms. The third-order valence-corrected chi connectivity index (χ3v) is 8.36. The van der Waals surface area contributed by atoms with E-state index in [1.807, 2.05) is 15.9 Å². The smallest absolute Gasteiger partial charge is 0.342 e. The minimum atomic E-state index is -4.59. The molecule has 4 fully saturated rings. The van der Waals surface area contributed by atoms with Gasteiger partial charge in [0.05, 0.1) is 6.10 Å². The van der Waals surface area contributed by atoms with E-state index >= 15 is 0 Å². The molecule has 2 saturated carbocycles. The van der Waals surface area contributed by atoms with Crippen LogP contribution in [-0.2, 0) is 14.3 Å². The van der Waals surface area contributed by atoms with Gasteiger partial charge < -0.3 is 20.9 Å². The van der Waals surface area contributed by atoms with Gasteiger partial charge in [-0.05, 0) is 81.6 Å². The van der Waals surface area contributed by atoms with Gasteiger partial charge in [-0.1, -0.05) is 6.08 Å². The Bertz CT molecular complexity index is 809. The molecule has 0 spiro atoms. The van der Waals surface area contributed by atoms with Crippen LogP contribution in [-0.4, -0.2) is 72.0 Å². The minimum absolute atomic E-state index is 0.0383. The summed E-state index contributed by atoms with van der Waals surface area (Å²) in [5.41, 5.74) is 6.38. The van der Waals surface area contributed by atoms with Crippen molar-refractivity contribution in [2.75, 3.05) is 26.2 Å². The molecule has 4 unspecified atom stereocenters. The van der Waals surface area contributed by atoms with Crippen LogP contribution in [0.1, 0.15) is 57.8 Å². The number of hydrogen-bond donors (Lipinski definition) is 2. The Kier molecular flexibility index (Phi) is 8.20. The number of nitrogens with zero attached hydrogens (tertiary/aromatic N) is 2.